The van der Waals surface area contributed by atoms with Gasteiger partial charge in [0, 0.05) is 44.6 Å². The first-order valence-corrected chi connectivity index (χ1v) is 9.85. The molecule has 9 heteroatoms. The Hall–Kier alpha value is -3.62. The van der Waals surface area contributed by atoms with Crippen molar-refractivity contribution >= 4 is 17.5 Å². The molecule has 0 radical (unpaired) electrons. The van der Waals surface area contributed by atoms with Gasteiger partial charge in [-0.25, -0.2) is 19.4 Å². The smallest absolute Gasteiger partial charge is 0.322 e. The number of piperazine rings is 1. The van der Waals surface area contributed by atoms with Gasteiger partial charge in [-0.05, 0) is 37.6 Å². The Morgan fingerprint density at radius 2 is 1.83 bits per heavy atom. The second kappa shape index (κ2) is 8.40. The van der Waals surface area contributed by atoms with Crippen LogP contribution in [0.2, 0.25) is 0 Å². The fourth-order valence-corrected chi connectivity index (χ4v) is 3.47. The lowest BCUT2D eigenvalue weighted by Gasteiger charge is -2.35. The molecule has 30 heavy (non-hydrogen) atoms. The predicted octanol–water partition coefficient (Wildman–Crippen LogP) is 2.64. The summed E-state index contributed by atoms with van der Waals surface area (Å²) in [4.78, 5) is 25.8. The Bertz CT molecular complexity index is 1030. The van der Waals surface area contributed by atoms with E-state index in [1.807, 2.05) is 50.4 Å². The molecule has 1 aliphatic rings. The average Bonchev–Trinajstić information content (AvgIpc) is 3.29. The summed E-state index contributed by atoms with van der Waals surface area (Å²) in [6, 6.07) is 9.37. The third-order valence-corrected chi connectivity index (χ3v) is 5.04. The highest BCUT2D eigenvalue weighted by molar-refractivity contribution is 5.91. The molecule has 0 atom stereocenters. The number of urea groups is 1. The van der Waals surface area contributed by atoms with E-state index in [0.717, 1.165) is 17.2 Å². The number of rotatable bonds is 4. The summed E-state index contributed by atoms with van der Waals surface area (Å²) in [7, 11) is 1.60. The Morgan fingerprint density at radius 3 is 2.53 bits per heavy atom. The summed E-state index contributed by atoms with van der Waals surface area (Å²) in [5, 5.41) is 7.22. The number of anilines is 2. The minimum Gasteiger partial charge on any atom is -0.495 e. The second-order valence-electron chi connectivity index (χ2n) is 7.19. The molecule has 2 aromatic heterocycles. The van der Waals surface area contributed by atoms with Gasteiger partial charge in [-0.15, -0.1) is 0 Å². The normalized spacial score (nSPS) is 14.0. The zero-order chi connectivity index (χ0) is 21.1. The number of ether oxygens (including phenoxy) is 1. The molecule has 1 fully saturated rings. The number of aryl methyl sites for hydroxylation is 2. The van der Waals surface area contributed by atoms with Crippen molar-refractivity contribution in [1.29, 1.82) is 0 Å². The number of nitrogens with zero attached hydrogens (tertiary/aromatic N) is 6. The third kappa shape index (κ3) is 4.19. The van der Waals surface area contributed by atoms with Crippen molar-refractivity contribution in [2.24, 2.45) is 0 Å². The van der Waals surface area contributed by atoms with E-state index in [0.29, 0.717) is 43.4 Å². The molecule has 0 spiro atoms. The fraction of sp³-hybridized carbons (Fsp3) is 0.333. The van der Waals surface area contributed by atoms with Gasteiger partial charge in [-0.1, -0.05) is 6.07 Å². The molecule has 9 nitrogen and oxygen atoms in total. The number of nitrogens with one attached hydrogen (secondary N) is 1. The molecular formula is C21H25N7O2. The van der Waals surface area contributed by atoms with Crippen LogP contribution < -0.4 is 15.0 Å². The number of aromatic nitrogens is 4. The van der Waals surface area contributed by atoms with Crippen LogP contribution in [-0.2, 0) is 0 Å². The van der Waals surface area contributed by atoms with E-state index in [1.165, 1.54) is 0 Å². The highest BCUT2D eigenvalue weighted by Gasteiger charge is 2.23. The number of carbonyl (C=O) groups is 1. The van der Waals surface area contributed by atoms with Crippen molar-refractivity contribution in [1.82, 2.24) is 24.6 Å². The van der Waals surface area contributed by atoms with Gasteiger partial charge in [0.05, 0.1) is 12.8 Å². The van der Waals surface area contributed by atoms with Gasteiger partial charge in [-0.3, -0.25) is 0 Å². The van der Waals surface area contributed by atoms with Crippen molar-refractivity contribution in [2.75, 3.05) is 43.5 Å². The van der Waals surface area contributed by atoms with Gasteiger partial charge in [0.1, 0.15) is 17.4 Å². The highest BCUT2D eigenvalue weighted by atomic mass is 16.5. The van der Waals surface area contributed by atoms with Crippen LogP contribution in [0.3, 0.4) is 0 Å². The topological polar surface area (TPSA) is 88.4 Å². The molecule has 1 aromatic carbocycles. The molecule has 0 bridgehead atoms. The Balaban J connectivity index is 1.42. The molecular weight excluding hydrogens is 382 g/mol. The standard InChI is InChI=1S/C21H25N7O2/c1-15-5-6-18(30-3)17(13-15)25-21(29)27-11-9-26(10-12-27)19-14-20(24-16(2)23-19)28-8-4-7-22-28/h4-8,13-14H,9-12H2,1-3H3,(H,25,29). The van der Waals surface area contributed by atoms with Crippen molar-refractivity contribution in [2.45, 2.75) is 13.8 Å². The van der Waals surface area contributed by atoms with Crippen LogP contribution in [0.5, 0.6) is 5.75 Å². The third-order valence-electron chi connectivity index (χ3n) is 5.04. The van der Waals surface area contributed by atoms with Gasteiger partial charge in [0.15, 0.2) is 5.82 Å². The molecule has 156 valence electrons. The molecule has 0 saturated carbocycles. The number of hydrogen-bond acceptors (Lipinski definition) is 6. The zero-order valence-corrected chi connectivity index (χ0v) is 17.4. The second-order valence-corrected chi connectivity index (χ2v) is 7.19. The van der Waals surface area contributed by atoms with Crippen LogP contribution in [0, 0.1) is 13.8 Å². The number of benzene rings is 1. The summed E-state index contributed by atoms with van der Waals surface area (Å²) >= 11 is 0. The van der Waals surface area contributed by atoms with E-state index in [-0.39, 0.29) is 6.03 Å². The Labute approximate surface area is 175 Å². The maximum absolute atomic E-state index is 12.8. The Morgan fingerprint density at radius 1 is 1.07 bits per heavy atom. The van der Waals surface area contributed by atoms with E-state index in [9.17, 15) is 4.79 Å². The average molecular weight is 407 g/mol. The monoisotopic (exact) mass is 407 g/mol. The number of amides is 2. The van der Waals surface area contributed by atoms with Crippen LogP contribution in [0.1, 0.15) is 11.4 Å². The van der Waals surface area contributed by atoms with E-state index in [1.54, 1.807) is 22.9 Å². The summed E-state index contributed by atoms with van der Waals surface area (Å²) in [5.41, 5.74) is 1.74. The van der Waals surface area contributed by atoms with Crippen molar-refractivity contribution in [3.8, 4) is 11.6 Å². The van der Waals surface area contributed by atoms with Gasteiger partial charge < -0.3 is 19.9 Å². The van der Waals surface area contributed by atoms with Crippen LogP contribution in [0.15, 0.2) is 42.7 Å². The van der Waals surface area contributed by atoms with Crippen molar-refractivity contribution < 1.29 is 9.53 Å². The van der Waals surface area contributed by atoms with E-state index >= 15 is 0 Å². The Kier molecular flexibility index (Phi) is 5.51. The maximum Gasteiger partial charge on any atom is 0.322 e. The first-order chi connectivity index (χ1) is 14.5. The first-order valence-electron chi connectivity index (χ1n) is 9.85. The van der Waals surface area contributed by atoms with Crippen molar-refractivity contribution in [3.05, 3.63) is 54.1 Å². The minimum atomic E-state index is -0.130. The van der Waals surface area contributed by atoms with Crippen molar-refractivity contribution in [3.63, 3.8) is 0 Å². The lowest BCUT2D eigenvalue weighted by Crippen LogP contribution is -2.50. The minimum absolute atomic E-state index is 0.130. The predicted molar refractivity (Wildman–Crippen MR) is 114 cm³/mol. The summed E-state index contributed by atoms with van der Waals surface area (Å²) in [6.45, 7) is 6.42. The van der Waals surface area contributed by atoms with Crippen LogP contribution in [-0.4, -0.2) is 64.0 Å². The van der Waals surface area contributed by atoms with Gasteiger partial charge >= 0.3 is 6.03 Å². The molecule has 4 rings (SSSR count). The van der Waals surface area contributed by atoms with Gasteiger partial charge in [0.2, 0.25) is 0 Å². The van der Waals surface area contributed by atoms with Crippen LogP contribution >= 0.6 is 0 Å². The number of hydrogen-bond donors (Lipinski definition) is 1. The van der Waals surface area contributed by atoms with Gasteiger partial charge in [0.25, 0.3) is 0 Å². The lowest BCUT2D eigenvalue weighted by atomic mass is 10.2. The summed E-state index contributed by atoms with van der Waals surface area (Å²) in [5.74, 6) is 2.91. The first kappa shape index (κ1) is 19.7. The van der Waals surface area contributed by atoms with Gasteiger partial charge in [-0.2, -0.15) is 5.10 Å². The quantitative estimate of drug-likeness (QED) is 0.715. The molecule has 1 saturated heterocycles. The molecule has 3 aromatic rings. The molecule has 1 aliphatic heterocycles. The van der Waals surface area contributed by atoms with E-state index < -0.39 is 0 Å². The fourth-order valence-electron chi connectivity index (χ4n) is 3.47. The largest absolute Gasteiger partial charge is 0.495 e. The maximum atomic E-state index is 12.8. The summed E-state index contributed by atoms with van der Waals surface area (Å²) < 4.78 is 7.07. The molecule has 2 amide bonds. The SMILES string of the molecule is COc1ccc(C)cc1NC(=O)N1CCN(c2cc(-n3cccn3)nc(C)n2)CC1. The lowest BCUT2D eigenvalue weighted by molar-refractivity contribution is 0.208. The van der Waals surface area contributed by atoms with Crippen LogP contribution in [0.4, 0.5) is 16.3 Å². The highest BCUT2D eigenvalue weighted by Crippen LogP contribution is 2.26. The zero-order valence-electron chi connectivity index (χ0n) is 17.4. The summed E-state index contributed by atoms with van der Waals surface area (Å²) in [6.07, 6.45) is 3.57. The molecule has 0 aliphatic carbocycles. The molecule has 1 N–H and O–H groups in total. The number of carbonyl (C=O) groups excluding carboxylic acids is 1. The van der Waals surface area contributed by atoms with Crippen LogP contribution in [0.25, 0.3) is 5.82 Å². The van der Waals surface area contributed by atoms with E-state index in [2.05, 4.69) is 25.3 Å². The molecule has 0 unspecified atom stereocenters. The van der Waals surface area contributed by atoms with E-state index in [4.69, 9.17) is 4.74 Å². The number of methoxy groups -OCH3 is 1. The molecule has 3 heterocycles.